The molecule has 0 aliphatic carbocycles. The number of aliphatic hydroxyl groups excluding tert-OH is 1. The number of hydrogen-bond donors (Lipinski definition) is 1. The van der Waals surface area contributed by atoms with E-state index in [0.717, 1.165) is 6.42 Å². The summed E-state index contributed by atoms with van der Waals surface area (Å²) in [6.07, 6.45) is 0.866. The molecule has 3 heteroatoms. The fourth-order valence-electron chi connectivity index (χ4n) is 2.01. The highest BCUT2D eigenvalue weighted by molar-refractivity contribution is 8.00. The second kappa shape index (κ2) is 4.45. The summed E-state index contributed by atoms with van der Waals surface area (Å²) in [6.45, 7) is 2.50. The van der Waals surface area contributed by atoms with Crippen LogP contribution in [0.25, 0.3) is 0 Å². The summed E-state index contributed by atoms with van der Waals surface area (Å²) in [5.41, 5.74) is 1.31. The Morgan fingerprint density at radius 3 is 2.87 bits per heavy atom. The van der Waals surface area contributed by atoms with Crippen molar-refractivity contribution in [2.24, 2.45) is 0 Å². The summed E-state index contributed by atoms with van der Waals surface area (Å²) in [5, 5.41) is 9.53. The Balaban J connectivity index is 2.28. The van der Waals surface area contributed by atoms with Gasteiger partial charge in [-0.25, -0.2) is 0 Å². The van der Waals surface area contributed by atoms with Crippen LogP contribution in [0.1, 0.15) is 13.3 Å². The predicted octanol–water partition coefficient (Wildman–Crippen LogP) is 2.37. The summed E-state index contributed by atoms with van der Waals surface area (Å²) < 4.78 is 0. The van der Waals surface area contributed by atoms with Crippen molar-refractivity contribution in [3.8, 4) is 0 Å². The van der Waals surface area contributed by atoms with E-state index in [2.05, 4.69) is 43.1 Å². The number of aliphatic hydroxyl groups is 1. The molecule has 2 atom stereocenters. The van der Waals surface area contributed by atoms with E-state index in [1.165, 1.54) is 10.6 Å². The van der Waals surface area contributed by atoms with Gasteiger partial charge in [-0.05, 0) is 25.5 Å². The van der Waals surface area contributed by atoms with Crippen LogP contribution in [-0.4, -0.2) is 30.1 Å². The molecule has 0 saturated carbocycles. The number of fused-ring (bicyclic) bond motifs is 1. The Hall–Kier alpha value is -0.670. The molecule has 1 aliphatic rings. The van der Waals surface area contributed by atoms with Crippen molar-refractivity contribution in [2.45, 2.75) is 29.5 Å². The van der Waals surface area contributed by atoms with Crippen molar-refractivity contribution in [1.29, 1.82) is 0 Å². The molecular weight excluding hydrogens is 206 g/mol. The highest BCUT2D eigenvalue weighted by atomic mass is 32.2. The Labute approximate surface area is 95.3 Å². The van der Waals surface area contributed by atoms with Gasteiger partial charge < -0.3 is 10.0 Å². The number of anilines is 1. The maximum absolute atomic E-state index is 9.04. The normalized spacial score (nSPS) is 25.1. The molecule has 0 aromatic heterocycles. The fourth-order valence-corrected chi connectivity index (χ4v) is 3.42. The van der Waals surface area contributed by atoms with Gasteiger partial charge in [-0.15, -0.1) is 11.8 Å². The van der Waals surface area contributed by atoms with Crippen molar-refractivity contribution in [2.75, 3.05) is 18.6 Å². The van der Waals surface area contributed by atoms with E-state index >= 15 is 0 Å². The van der Waals surface area contributed by atoms with Gasteiger partial charge in [0.1, 0.15) is 0 Å². The standard InChI is InChI=1S/C12H17NOS/c1-9-11(7-8-14)15-12-6-4-3-5-10(12)13(9)2/h3-6,9,11,14H,7-8H2,1-2H3. The first-order chi connectivity index (χ1) is 7.24. The minimum absolute atomic E-state index is 0.276. The second-order valence-electron chi connectivity index (χ2n) is 3.99. The number of para-hydroxylation sites is 1. The second-order valence-corrected chi connectivity index (χ2v) is 5.27. The third-order valence-corrected chi connectivity index (χ3v) is 4.62. The van der Waals surface area contributed by atoms with Gasteiger partial charge in [0, 0.05) is 29.8 Å². The van der Waals surface area contributed by atoms with Crippen LogP contribution >= 0.6 is 11.8 Å². The monoisotopic (exact) mass is 223 g/mol. The first-order valence-corrected chi connectivity index (χ1v) is 6.21. The van der Waals surface area contributed by atoms with E-state index in [-0.39, 0.29) is 6.61 Å². The SMILES string of the molecule is CC1C(CCO)Sc2ccccc2N1C. The third-order valence-electron chi connectivity index (χ3n) is 3.09. The number of benzene rings is 1. The van der Waals surface area contributed by atoms with E-state index in [9.17, 15) is 0 Å². The maximum Gasteiger partial charge on any atom is 0.0504 e. The fraction of sp³-hybridized carbons (Fsp3) is 0.500. The van der Waals surface area contributed by atoms with Gasteiger partial charge in [0.2, 0.25) is 0 Å². The van der Waals surface area contributed by atoms with Gasteiger partial charge in [-0.2, -0.15) is 0 Å². The molecule has 2 unspecified atom stereocenters. The molecule has 2 nitrogen and oxygen atoms in total. The van der Waals surface area contributed by atoms with Gasteiger partial charge in [-0.1, -0.05) is 12.1 Å². The molecule has 82 valence electrons. The van der Waals surface area contributed by atoms with Crippen LogP contribution in [0.3, 0.4) is 0 Å². The topological polar surface area (TPSA) is 23.5 Å². The number of rotatable bonds is 2. The lowest BCUT2D eigenvalue weighted by molar-refractivity contribution is 0.282. The predicted molar refractivity (Wildman–Crippen MR) is 65.7 cm³/mol. The molecule has 1 aromatic rings. The maximum atomic E-state index is 9.04. The van der Waals surface area contributed by atoms with Gasteiger partial charge in [-0.3, -0.25) is 0 Å². The van der Waals surface area contributed by atoms with E-state index in [0.29, 0.717) is 11.3 Å². The molecule has 1 aliphatic heterocycles. The molecule has 1 aromatic carbocycles. The van der Waals surface area contributed by atoms with Gasteiger partial charge in [0.05, 0.1) is 5.69 Å². The van der Waals surface area contributed by atoms with Crippen molar-refractivity contribution in [3.05, 3.63) is 24.3 Å². The Kier molecular flexibility index (Phi) is 3.22. The minimum Gasteiger partial charge on any atom is -0.396 e. The summed E-state index contributed by atoms with van der Waals surface area (Å²) in [7, 11) is 2.13. The van der Waals surface area contributed by atoms with Crippen LogP contribution in [0.5, 0.6) is 0 Å². The molecule has 0 bridgehead atoms. The van der Waals surface area contributed by atoms with Crippen LogP contribution in [0.2, 0.25) is 0 Å². The first kappa shape index (κ1) is 10.8. The molecule has 15 heavy (non-hydrogen) atoms. The van der Waals surface area contributed by atoms with Crippen molar-refractivity contribution in [3.63, 3.8) is 0 Å². The molecule has 1 heterocycles. The minimum atomic E-state index is 0.276. The Morgan fingerprint density at radius 2 is 2.13 bits per heavy atom. The first-order valence-electron chi connectivity index (χ1n) is 5.33. The molecular formula is C12H17NOS. The molecule has 2 rings (SSSR count). The van der Waals surface area contributed by atoms with E-state index in [1.54, 1.807) is 0 Å². The van der Waals surface area contributed by atoms with E-state index in [1.807, 2.05) is 11.8 Å². The lowest BCUT2D eigenvalue weighted by atomic mass is 10.1. The van der Waals surface area contributed by atoms with E-state index < -0.39 is 0 Å². The summed E-state index contributed by atoms with van der Waals surface area (Å²) in [4.78, 5) is 3.64. The molecule has 1 N–H and O–H groups in total. The zero-order valence-corrected chi connectivity index (χ0v) is 10.00. The Morgan fingerprint density at radius 1 is 1.40 bits per heavy atom. The quantitative estimate of drug-likeness (QED) is 0.832. The van der Waals surface area contributed by atoms with Crippen LogP contribution < -0.4 is 4.90 Å². The van der Waals surface area contributed by atoms with Gasteiger partial charge in [0.25, 0.3) is 0 Å². The van der Waals surface area contributed by atoms with Crippen LogP contribution in [0, 0.1) is 0 Å². The molecule has 0 spiro atoms. The third kappa shape index (κ3) is 1.99. The molecule has 0 radical (unpaired) electrons. The Bertz CT molecular complexity index is 342. The molecule has 0 amide bonds. The summed E-state index contributed by atoms with van der Waals surface area (Å²) >= 11 is 1.89. The van der Waals surface area contributed by atoms with Crippen molar-refractivity contribution < 1.29 is 5.11 Å². The number of hydrogen-bond acceptors (Lipinski definition) is 3. The molecule has 0 fully saturated rings. The largest absolute Gasteiger partial charge is 0.396 e. The highest BCUT2D eigenvalue weighted by Crippen LogP contribution is 2.41. The zero-order chi connectivity index (χ0) is 10.8. The van der Waals surface area contributed by atoms with Crippen LogP contribution in [-0.2, 0) is 0 Å². The summed E-state index contributed by atoms with van der Waals surface area (Å²) in [6, 6.07) is 8.96. The zero-order valence-electron chi connectivity index (χ0n) is 9.18. The van der Waals surface area contributed by atoms with Crippen LogP contribution in [0.15, 0.2) is 29.2 Å². The average molecular weight is 223 g/mol. The van der Waals surface area contributed by atoms with E-state index in [4.69, 9.17) is 5.11 Å². The summed E-state index contributed by atoms with van der Waals surface area (Å²) in [5.74, 6) is 0. The average Bonchev–Trinajstić information content (AvgIpc) is 2.26. The molecule has 0 saturated heterocycles. The van der Waals surface area contributed by atoms with Crippen molar-refractivity contribution in [1.82, 2.24) is 0 Å². The van der Waals surface area contributed by atoms with Crippen LogP contribution in [0.4, 0.5) is 5.69 Å². The number of nitrogens with zero attached hydrogens (tertiary/aromatic N) is 1. The number of thioether (sulfide) groups is 1. The van der Waals surface area contributed by atoms with Gasteiger partial charge in [0.15, 0.2) is 0 Å². The van der Waals surface area contributed by atoms with Crippen molar-refractivity contribution >= 4 is 17.4 Å². The smallest absolute Gasteiger partial charge is 0.0504 e. The lowest BCUT2D eigenvalue weighted by Gasteiger charge is -2.39. The van der Waals surface area contributed by atoms with Gasteiger partial charge >= 0.3 is 0 Å². The highest BCUT2D eigenvalue weighted by Gasteiger charge is 2.28. The lowest BCUT2D eigenvalue weighted by Crippen LogP contribution is -2.40.